The predicted octanol–water partition coefficient (Wildman–Crippen LogP) is 3.20. The lowest BCUT2D eigenvalue weighted by molar-refractivity contribution is -0.141. The number of rotatable bonds is 10. The van der Waals surface area contributed by atoms with E-state index in [0.717, 1.165) is 31.7 Å². The van der Waals surface area contributed by atoms with Gasteiger partial charge in [-0.1, -0.05) is 26.0 Å². The number of carbonyl (C=O) groups is 1. The van der Waals surface area contributed by atoms with Crippen LogP contribution < -0.4 is 4.74 Å². The summed E-state index contributed by atoms with van der Waals surface area (Å²) in [7, 11) is 0. The molecule has 0 heterocycles. The number of hydrogen-bond donors (Lipinski definition) is 1. The van der Waals surface area contributed by atoms with Crippen molar-refractivity contribution in [1.82, 2.24) is 4.90 Å². The zero-order valence-corrected chi connectivity index (χ0v) is 13.3. The zero-order chi connectivity index (χ0) is 15.7. The topological polar surface area (TPSA) is 49.8 Å². The van der Waals surface area contributed by atoms with Crippen LogP contribution >= 0.6 is 0 Å². The molecular weight excluding hydrogens is 266 g/mol. The van der Waals surface area contributed by atoms with Crippen LogP contribution in [0.4, 0.5) is 0 Å². The van der Waals surface area contributed by atoms with E-state index < -0.39 is 5.97 Å². The van der Waals surface area contributed by atoms with Crippen molar-refractivity contribution < 1.29 is 14.6 Å². The van der Waals surface area contributed by atoms with Gasteiger partial charge in [0.05, 0.1) is 12.5 Å². The molecule has 1 N–H and O–H groups in total. The largest absolute Gasteiger partial charge is 0.494 e. The van der Waals surface area contributed by atoms with Gasteiger partial charge in [-0.3, -0.25) is 4.79 Å². The molecule has 0 spiro atoms. The van der Waals surface area contributed by atoms with Crippen molar-refractivity contribution in [3.05, 3.63) is 29.8 Å². The molecule has 1 unspecified atom stereocenters. The SMILES string of the molecule is CCCN(CCCOc1cccc(C)c1)CC(C)C(=O)O. The van der Waals surface area contributed by atoms with Gasteiger partial charge in [0, 0.05) is 13.1 Å². The van der Waals surface area contributed by atoms with Gasteiger partial charge in [-0.25, -0.2) is 0 Å². The number of carboxylic acid groups (broad SMARTS) is 1. The summed E-state index contributed by atoms with van der Waals surface area (Å²) in [5.41, 5.74) is 1.19. The average Bonchev–Trinajstić information content (AvgIpc) is 2.43. The van der Waals surface area contributed by atoms with Crippen molar-refractivity contribution in [3.8, 4) is 5.75 Å². The number of ether oxygens (including phenoxy) is 1. The minimum atomic E-state index is -0.730. The number of aliphatic carboxylic acids is 1. The van der Waals surface area contributed by atoms with Gasteiger partial charge in [0.15, 0.2) is 0 Å². The van der Waals surface area contributed by atoms with Gasteiger partial charge in [0.1, 0.15) is 5.75 Å². The first-order valence-corrected chi connectivity index (χ1v) is 7.67. The van der Waals surface area contributed by atoms with Crippen LogP contribution in [0.3, 0.4) is 0 Å². The highest BCUT2D eigenvalue weighted by Gasteiger charge is 2.15. The molecule has 0 aliphatic heterocycles. The van der Waals surface area contributed by atoms with E-state index in [1.165, 1.54) is 5.56 Å². The number of aryl methyl sites for hydroxylation is 1. The Hall–Kier alpha value is -1.55. The fourth-order valence-corrected chi connectivity index (χ4v) is 2.26. The Morgan fingerprint density at radius 3 is 2.76 bits per heavy atom. The minimum absolute atomic E-state index is 0.325. The van der Waals surface area contributed by atoms with Crippen LogP contribution in [-0.4, -0.2) is 42.2 Å². The Kier molecular flexibility index (Phi) is 7.83. The predicted molar refractivity (Wildman–Crippen MR) is 84.8 cm³/mol. The maximum absolute atomic E-state index is 10.9. The average molecular weight is 293 g/mol. The molecule has 0 saturated heterocycles. The lowest BCUT2D eigenvalue weighted by Crippen LogP contribution is -2.33. The monoisotopic (exact) mass is 293 g/mol. The van der Waals surface area contributed by atoms with Crippen LogP contribution in [-0.2, 0) is 4.79 Å². The maximum Gasteiger partial charge on any atom is 0.307 e. The maximum atomic E-state index is 10.9. The van der Waals surface area contributed by atoms with Crippen molar-refractivity contribution >= 4 is 5.97 Å². The minimum Gasteiger partial charge on any atom is -0.494 e. The highest BCUT2D eigenvalue weighted by atomic mass is 16.5. The lowest BCUT2D eigenvalue weighted by atomic mass is 10.1. The fraction of sp³-hybridized carbons (Fsp3) is 0.588. The fourth-order valence-electron chi connectivity index (χ4n) is 2.26. The summed E-state index contributed by atoms with van der Waals surface area (Å²) in [6, 6.07) is 8.02. The summed E-state index contributed by atoms with van der Waals surface area (Å²) in [4.78, 5) is 13.1. The molecule has 0 bridgehead atoms. The Morgan fingerprint density at radius 2 is 2.14 bits per heavy atom. The van der Waals surface area contributed by atoms with Crippen molar-refractivity contribution in [2.24, 2.45) is 5.92 Å². The summed E-state index contributed by atoms with van der Waals surface area (Å²) in [5.74, 6) is -0.155. The van der Waals surface area contributed by atoms with E-state index in [-0.39, 0.29) is 5.92 Å². The van der Waals surface area contributed by atoms with E-state index in [1.54, 1.807) is 6.92 Å². The third kappa shape index (κ3) is 7.14. The molecule has 1 atom stereocenters. The molecular formula is C17H27NO3. The number of benzene rings is 1. The first-order valence-electron chi connectivity index (χ1n) is 7.67. The molecule has 21 heavy (non-hydrogen) atoms. The quantitative estimate of drug-likeness (QED) is 0.673. The lowest BCUT2D eigenvalue weighted by Gasteiger charge is -2.23. The molecule has 0 amide bonds. The van der Waals surface area contributed by atoms with E-state index in [4.69, 9.17) is 9.84 Å². The van der Waals surface area contributed by atoms with E-state index >= 15 is 0 Å². The van der Waals surface area contributed by atoms with Crippen LogP contribution in [0.1, 0.15) is 32.3 Å². The highest BCUT2D eigenvalue weighted by molar-refractivity contribution is 5.69. The zero-order valence-electron chi connectivity index (χ0n) is 13.3. The Labute approximate surface area is 127 Å². The third-order valence-corrected chi connectivity index (χ3v) is 3.37. The number of hydrogen-bond acceptors (Lipinski definition) is 3. The van der Waals surface area contributed by atoms with Crippen molar-refractivity contribution in [3.63, 3.8) is 0 Å². The number of carboxylic acids is 1. The van der Waals surface area contributed by atoms with Gasteiger partial charge in [0.25, 0.3) is 0 Å². The van der Waals surface area contributed by atoms with Gasteiger partial charge < -0.3 is 14.7 Å². The Morgan fingerprint density at radius 1 is 1.38 bits per heavy atom. The highest BCUT2D eigenvalue weighted by Crippen LogP contribution is 2.12. The molecule has 0 aromatic heterocycles. The Balaban J connectivity index is 2.31. The Bertz CT molecular complexity index is 434. The van der Waals surface area contributed by atoms with Crippen molar-refractivity contribution in [1.29, 1.82) is 0 Å². The van der Waals surface area contributed by atoms with Crippen LogP contribution in [0.15, 0.2) is 24.3 Å². The van der Waals surface area contributed by atoms with E-state index in [9.17, 15) is 4.79 Å². The summed E-state index contributed by atoms with van der Waals surface area (Å²) in [6.45, 7) is 8.98. The van der Waals surface area contributed by atoms with E-state index in [0.29, 0.717) is 13.2 Å². The molecule has 0 aliphatic rings. The van der Waals surface area contributed by atoms with Gasteiger partial charge in [0.2, 0.25) is 0 Å². The standard InChI is InChI=1S/C17H27NO3/c1-4-9-18(13-15(3)17(19)20)10-6-11-21-16-8-5-7-14(2)12-16/h5,7-8,12,15H,4,6,9-11,13H2,1-3H3,(H,19,20). The van der Waals surface area contributed by atoms with Crippen LogP contribution in [0, 0.1) is 12.8 Å². The molecule has 1 aromatic rings. The molecule has 0 saturated carbocycles. The summed E-state index contributed by atoms with van der Waals surface area (Å²) >= 11 is 0. The summed E-state index contributed by atoms with van der Waals surface area (Å²) < 4.78 is 5.72. The summed E-state index contributed by atoms with van der Waals surface area (Å²) in [6.07, 6.45) is 1.94. The third-order valence-electron chi connectivity index (χ3n) is 3.37. The van der Waals surface area contributed by atoms with Gasteiger partial charge >= 0.3 is 5.97 Å². The second-order valence-corrected chi connectivity index (χ2v) is 5.56. The first-order chi connectivity index (χ1) is 10.0. The van der Waals surface area contributed by atoms with E-state index in [2.05, 4.69) is 11.8 Å². The molecule has 1 aromatic carbocycles. The number of nitrogens with zero attached hydrogens (tertiary/aromatic N) is 1. The smallest absolute Gasteiger partial charge is 0.307 e. The second-order valence-electron chi connectivity index (χ2n) is 5.56. The molecule has 118 valence electrons. The van der Waals surface area contributed by atoms with Crippen molar-refractivity contribution in [2.75, 3.05) is 26.2 Å². The molecule has 4 heteroatoms. The van der Waals surface area contributed by atoms with Gasteiger partial charge in [-0.15, -0.1) is 0 Å². The normalized spacial score (nSPS) is 12.4. The molecule has 1 rings (SSSR count). The summed E-state index contributed by atoms with van der Waals surface area (Å²) in [5, 5.41) is 8.99. The first kappa shape index (κ1) is 17.5. The van der Waals surface area contributed by atoms with Gasteiger partial charge in [-0.2, -0.15) is 0 Å². The van der Waals surface area contributed by atoms with Gasteiger partial charge in [-0.05, 0) is 44.0 Å². The van der Waals surface area contributed by atoms with E-state index in [1.807, 2.05) is 31.2 Å². The second kappa shape index (κ2) is 9.40. The van der Waals surface area contributed by atoms with Crippen LogP contribution in [0.2, 0.25) is 0 Å². The van der Waals surface area contributed by atoms with Crippen molar-refractivity contribution in [2.45, 2.75) is 33.6 Å². The molecule has 0 radical (unpaired) electrons. The molecule has 0 fully saturated rings. The van der Waals surface area contributed by atoms with Crippen LogP contribution in [0.25, 0.3) is 0 Å². The molecule has 0 aliphatic carbocycles. The molecule has 4 nitrogen and oxygen atoms in total. The van der Waals surface area contributed by atoms with Crippen LogP contribution in [0.5, 0.6) is 5.75 Å².